The van der Waals surface area contributed by atoms with Crippen LogP contribution < -0.4 is 0 Å². The number of rotatable bonds is 2. The fourth-order valence-corrected chi connectivity index (χ4v) is 2.86. The van der Waals surface area contributed by atoms with Gasteiger partial charge in [-0.15, -0.1) is 0 Å². The van der Waals surface area contributed by atoms with Crippen molar-refractivity contribution in [3.8, 4) is 0 Å². The van der Waals surface area contributed by atoms with Gasteiger partial charge >= 0.3 is 0 Å². The maximum atomic E-state index is 5.45. The molecule has 1 saturated carbocycles. The van der Waals surface area contributed by atoms with Crippen LogP contribution in [0.15, 0.2) is 11.6 Å². The summed E-state index contributed by atoms with van der Waals surface area (Å²) in [4.78, 5) is 0. The normalized spacial score (nSPS) is 27.5. The van der Waals surface area contributed by atoms with Gasteiger partial charge in [0.2, 0.25) is 0 Å². The van der Waals surface area contributed by atoms with Crippen LogP contribution in [0.25, 0.3) is 0 Å². The van der Waals surface area contributed by atoms with Crippen molar-refractivity contribution >= 4 is 0 Å². The first-order valence-corrected chi connectivity index (χ1v) is 6.97. The van der Waals surface area contributed by atoms with Crippen LogP contribution in [-0.4, -0.2) is 19.5 Å². The molecule has 0 spiro atoms. The van der Waals surface area contributed by atoms with Crippen molar-refractivity contribution in [3.05, 3.63) is 11.6 Å². The third-order valence-electron chi connectivity index (χ3n) is 4.14. The van der Waals surface area contributed by atoms with E-state index >= 15 is 0 Å². The molecular formula is C15H26O2. The van der Waals surface area contributed by atoms with Crippen molar-refractivity contribution in [1.82, 2.24) is 0 Å². The Labute approximate surface area is 105 Å². The third kappa shape index (κ3) is 3.82. The summed E-state index contributed by atoms with van der Waals surface area (Å²) < 4.78 is 10.9. The molecular weight excluding hydrogens is 212 g/mol. The number of hydrogen-bond acceptors (Lipinski definition) is 2. The predicted molar refractivity (Wildman–Crippen MR) is 69.8 cm³/mol. The molecule has 2 rings (SSSR count). The average molecular weight is 238 g/mol. The Hall–Kier alpha value is -0.340. The molecule has 0 aromatic heterocycles. The number of hydrogen-bond donors (Lipinski definition) is 0. The molecule has 0 unspecified atom stereocenters. The fraction of sp³-hybridized carbons (Fsp3) is 0.867. The van der Waals surface area contributed by atoms with Crippen LogP contribution in [0.5, 0.6) is 0 Å². The zero-order chi connectivity index (χ0) is 12.3. The lowest BCUT2D eigenvalue weighted by molar-refractivity contribution is -0.0382. The van der Waals surface area contributed by atoms with Gasteiger partial charge in [-0.05, 0) is 37.0 Å². The molecule has 98 valence electrons. The lowest BCUT2D eigenvalue weighted by Crippen LogP contribution is -2.23. The van der Waals surface area contributed by atoms with Gasteiger partial charge in [0.15, 0.2) is 6.29 Å². The van der Waals surface area contributed by atoms with Crippen molar-refractivity contribution in [2.45, 2.75) is 59.2 Å². The van der Waals surface area contributed by atoms with E-state index in [-0.39, 0.29) is 6.29 Å². The van der Waals surface area contributed by atoms with Crippen molar-refractivity contribution in [1.29, 1.82) is 0 Å². The van der Waals surface area contributed by atoms with Gasteiger partial charge in [0.05, 0.1) is 13.2 Å². The van der Waals surface area contributed by atoms with Crippen molar-refractivity contribution < 1.29 is 9.47 Å². The second-order valence-electron chi connectivity index (χ2n) is 6.41. The monoisotopic (exact) mass is 238 g/mol. The molecule has 0 aromatic rings. The molecule has 2 fully saturated rings. The topological polar surface area (TPSA) is 18.5 Å². The highest BCUT2D eigenvalue weighted by molar-refractivity contribution is 5.06. The first-order chi connectivity index (χ1) is 8.05. The molecule has 0 N–H and O–H groups in total. The molecule has 1 heterocycles. The second kappa shape index (κ2) is 5.53. The smallest absolute Gasteiger partial charge is 0.161 e. The first kappa shape index (κ1) is 13.1. The Kier molecular flexibility index (Phi) is 4.26. The van der Waals surface area contributed by atoms with Crippen molar-refractivity contribution in [3.63, 3.8) is 0 Å². The average Bonchev–Trinajstić information content (AvgIpc) is 2.78. The molecule has 2 nitrogen and oxygen atoms in total. The van der Waals surface area contributed by atoms with Crippen molar-refractivity contribution in [2.75, 3.05) is 13.2 Å². The zero-order valence-corrected chi connectivity index (χ0v) is 11.5. The second-order valence-corrected chi connectivity index (χ2v) is 6.41. The first-order valence-electron chi connectivity index (χ1n) is 6.97. The van der Waals surface area contributed by atoms with Gasteiger partial charge in [-0.25, -0.2) is 0 Å². The summed E-state index contributed by atoms with van der Waals surface area (Å²) in [5, 5.41) is 0. The van der Waals surface area contributed by atoms with Gasteiger partial charge in [-0.3, -0.25) is 0 Å². The SMILES string of the molecule is CC(C)(C)C1CCC(=CCC2OCCO2)CC1. The van der Waals surface area contributed by atoms with E-state index in [4.69, 9.17) is 9.47 Å². The summed E-state index contributed by atoms with van der Waals surface area (Å²) in [5.74, 6) is 0.888. The fourth-order valence-electron chi connectivity index (χ4n) is 2.86. The molecule has 17 heavy (non-hydrogen) atoms. The lowest BCUT2D eigenvalue weighted by atomic mass is 9.71. The molecule has 2 aliphatic rings. The van der Waals surface area contributed by atoms with E-state index in [1.807, 2.05) is 0 Å². The van der Waals surface area contributed by atoms with Crippen LogP contribution in [0.1, 0.15) is 52.9 Å². The van der Waals surface area contributed by atoms with Gasteiger partial charge < -0.3 is 9.47 Å². The minimum Gasteiger partial charge on any atom is -0.350 e. The van der Waals surface area contributed by atoms with E-state index < -0.39 is 0 Å². The Balaban J connectivity index is 1.76. The van der Waals surface area contributed by atoms with Crippen LogP contribution in [0.2, 0.25) is 0 Å². The molecule has 0 amide bonds. The Morgan fingerprint density at radius 2 is 1.71 bits per heavy atom. The van der Waals surface area contributed by atoms with Crippen LogP contribution in [-0.2, 0) is 9.47 Å². The van der Waals surface area contributed by atoms with Gasteiger partial charge in [0.1, 0.15) is 0 Å². The van der Waals surface area contributed by atoms with E-state index in [2.05, 4.69) is 26.8 Å². The highest BCUT2D eigenvalue weighted by atomic mass is 16.7. The van der Waals surface area contributed by atoms with E-state index in [1.54, 1.807) is 5.57 Å². The predicted octanol–water partition coefficient (Wildman–Crippen LogP) is 3.91. The quantitative estimate of drug-likeness (QED) is 0.679. The minimum absolute atomic E-state index is 0.0304. The number of allylic oxidation sites excluding steroid dienone is 1. The van der Waals surface area contributed by atoms with Gasteiger partial charge in [0, 0.05) is 6.42 Å². The molecule has 2 heteroatoms. The third-order valence-corrected chi connectivity index (χ3v) is 4.14. The van der Waals surface area contributed by atoms with Crippen LogP contribution in [0.4, 0.5) is 0 Å². The van der Waals surface area contributed by atoms with E-state index in [0.717, 1.165) is 25.6 Å². The standard InChI is InChI=1S/C15H26O2/c1-15(2,3)13-7-4-12(5-8-13)6-9-14-16-10-11-17-14/h6,13-14H,4-5,7-11H2,1-3H3. The summed E-state index contributed by atoms with van der Waals surface area (Å²) >= 11 is 0. The van der Waals surface area contributed by atoms with Gasteiger partial charge in [-0.2, -0.15) is 0 Å². The summed E-state index contributed by atoms with van der Waals surface area (Å²) in [7, 11) is 0. The van der Waals surface area contributed by atoms with Gasteiger partial charge in [-0.1, -0.05) is 32.4 Å². The Bertz CT molecular complexity index is 259. The van der Waals surface area contributed by atoms with Crippen LogP contribution in [0, 0.1) is 11.3 Å². The highest BCUT2D eigenvalue weighted by Gasteiger charge is 2.27. The highest BCUT2D eigenvalue weighted by Crippen LogP contribution is 2.39. The summed E-state index contributed by atoms with van der Waals surface area (Å²) in [5.41, 5.74) is 2.09. The lowest BCUT2D eigenvalue weighted by Gasteiger charge is -2.34. The molecule has 1 aliphatic carbocycles. The summed E-state index contributed by atoms with van der Waals surface area (Å²) in [6.07, 6.45) is 8.57. The van der Waals surface area contributed by atoms with Crippen LogP contribution >= 0.6 is 0 Å². The molecule has 1 saturated heterocycles. The van der Waals surface area contributed by atoms with Gasteiger partial charge in [0.25, 0.3) is 0 Å². The van der Waals surface area contributed by atoms with E-state index in [9.17, 15) is 0 Å². The molecule has 0 atom stereocenters. The summed E-state index contributed by atoms with van der Waals surface area (Å²) in [6, 6.07) is 0. The molecule has 0 radical (unpaired) electrons. The van der Waals surface area contributed by atoms with Crippen molar-refractivity contribution in [2.24, 2.45) is 11.3 Å². The zero-order valence-electron chi connectivity index (χ0n) is 11.5. The molecule has 1 aliphatic heterocycles. The molecule has 0 aromatic carbocycles. The number of ether oxygens (including phenoxy) is 2. The van der Waals surface area contributed by atoms with Crippen LogP contribution in [0.3, 0.4) is 0 Å². The Morgan fingerprint density at radius 1 is 1.12 bits per heavy atom. The minimum atomic E-state index is 0.0304. The Morgan fingerprint density at radius 3 is 2.24 bits per heavy atom. The maximum absolute atomic E-state index is 5.45. The maximum Gasteiger partial charge on any atom is 0.161 e. The van der Waals surface area contributed by atoms with E-state index in [1.165, 1.54) is 25.7 Å². The summed E-state index contributed by atoms with van der Waals surface area (Å²) in [6.45, 7) is 8.63. The molecule has 0 bridgehead atoms. The largest absolute Gasteiger partial charge is 0.350 e. The van der Waals surface area contributed by atoms with E-state index in [0.29, 0.717) is 5.41 Å².